The number of carbonyl (C=O) groups is 1. The molecule has 0 radical (unpaired) electrons. The molecule has 1 heterocycles. The molecule has 0 aliphatic heterocycles. The van der Waals surface area contributed by atoms with Gasteiger partial charge in [-0.1, -0.05) is 48.0 Å². The van der Waals surface area contributed by atoms with E-state index in [1.54, 1.807) is 48.5 Å². The zero-order valence-corrected chi connectivity index (χ0v) is 16.5. The molecule has 0 saturated heterocycles. The van der Waals surface area contributed by atoms with Gasteiger partial charge in [0.1, 0.15) is 5.56 Å². The van der Waals surface area contributed by atoms with E-state index in [1.807, 2.05) is 0 Å². The first-order valence-electron chi connectivity index (χ1n) is 8.85. The molecular weight excluding hydrogens is 400 g/mol. The van der Waals surface area contributed by atoms with E-state index in [0.29, 0.717) is 33.1 Å². The Hall–Kier alpha value is -2.99. The molecule has 0 aliphatic carbocycles. The lowest BCUT2D eigenvalue weighted by Gasteiger charge is -2.23. The van der Waals surface area contributed by atoms with Crippen LogP contribution >= 0.6 is 11.6 Å². The topological polar surface area (TPSA) is 59.4 Å². The number of alkyl halides is 2. The van der Waals surface area contributed by atoms with Crippen molar-refractivity contribution in [1.82, 2.24) is 4.98 Å². The first-order valence-corrected chi connectivity index (χ1v) is 9.22. The number of nitrogens with zero attached hydrogens (tertiary/aromatic N) is 1. The third-order valence-corrected chi connectivity index (χ3v) is 4.64. The Bertz CT molecular complexity index is 1080. The van der Waals surface area contributed by atoms with Gasteiger partial charge < -0.3 is 9.84 Å². The van der Waals surface area contributed by atoms with E-state index in [-0.39, 0.29) is 11.4 Å². The van der Waals surface area contributed by atoms with Crippen molar-refractivity contribution >= 4 is 28.5 Å². The number of carboxylic acid groups (broad SMARTS) is 1. The molecule has 150 valence electrons. The summed E-state index contributed by atoms with van der Waals surface area (Å²) in [5.74, 6) is -5.01. The van der Waals surface area contributed by atoms with E-state index in [0.717, 1.165) is 0 Å². The third-order valence-electron chi connectivity index (χ3n) is 4.41. The number of rotatable bonds is 6. The Labute approximate surface area is 171 Å². The molecule has 3 aromatic rings. The van der Waals surface area contributed by atoms with Gasteiger partial charge in [-0.2, -0.15) is 8.78 Å². The molecule has 29 heavy (non-hydrogen) atoms. The summed E-state index contributed by atoms with van der Waals surface area (Å²) in [6.45, 7) is 2.64. The maximum Gasteiger partial charge on any atom is 0.341 e. The lowest BCUT2D eigenvalue weighted by molar-refractivity contribution is -0.0486. The molecule has 0 spiro atoms. The maximum atomic E-state index is 14.2. The second-order valence-corrected chi connectivity index (χ2v) is 6.87. The molecule has 7 heteroatoms. The van der Waals surface area contributed by atoms with Crippen LogP contribution in [0.4, 0.5) is 8.78 Å². The molecular formula is C22H18ClF2NO3. The van der Waals surface area contributed by atoms with Crippen molar-refractivity contribution in [3.05, 3.63) is 71.3 Å². The summed E-state index contributed by atoms with van der Waals surface area (Å²) in [6, 6.07) is 13.5. The number of hydrogen-bond acceptors (Lipinski definition) is 3. The van der Waals surface area contributed by atoms with Gasteiger partial charge in [0, 0.05) is 16.0 Å². The van der Waals surface area contributed by atoms with Crippen molar-refractivity contribution < 1.29 is 23.4 Å². The molecule has 0 aliphatic rings. The highest BCUT2D eigenvalue weighted by Crippen LogP contribution is 2.38. The van der Waals surface area contributed by atoms with Gasteiger partial charge in [0.2, 0.25) is 5.88 Å². The number of halogens is 3. The van der Waals surface area contributed by atoms with Crippen molar-refractivity contribution in [3.8, 4) is 17.0 Å². The molecule has 1 unspecified atom stereocenters. The quantitative estimate of drug-likeness (QED) is 0.483. The van der Waals surface area contributed by atoms with Gasteiger partial charge in [-0.3, -0.25) is 0 Å². The Morgan fingerprint density at radius 1 is 1.24 bits per heavy atom. The van der Waals surface area contributed by atoms with Crippen molar-refractivity contribution in [2.75, 3.05) is 0 Å². The summed E-state index contributed by atoms with van der Waals surface area (Å²) in [7, 11) is 0. The Morgan fingerprint density at radius 2 is 1.93 bits per heavy atom. The van der Waals surface area contributed by atoms with Gasteiger partial charge in [0.15, 0.2) is 6.10 Å². The fourth-order valence-corrected chi connectivity index (χ4v) is 3.18. The fraction of sp³-hybridized carbons (Fsp3) is 0.182. The molecule has 0 saturated carbocycles. The average Bonchev–Trinajstić information content (AvgIpc) is 2.67. The molecule has 3 rings (SSSR count). The van der Waals surface area contributed by atoms with Crippen LogP contribution < -0.4 is 4.74 Å². The van der Waals surface area contributed by atoms with E-state index in [4.69, 9.17) is 16.3 Å². The molecule has 0 bridgehead atoms. The van der Waals surface area contributed by atoms with Gasteiger partial charge in [-0.15, -0.1) is 0 Å². The highest BCUT2D eigenvalue weighted by Gasteiger charge is 2.37. The second-order valence-electron chi connectivity index (χ2n) is 6.43. The summed E-state index contributed by atoms with van der Waals surface area (Å²) >= 11 is 6.12. The lowest BCUT2D eigenvalue weighted by atomic mass is 9.96. The zero-order chi connectivity index (χ0) is 21.2. The van der Waals surface area contributed by atoms with Gasteiger partial charge in [0.25, 0.3) is 0 Å². The summed E-state index contributed by atoms with van der Waals surface area (Å²) in [6.07, 6.45) is 0.290. The number of aromatic nitrogens is 1. The van der Waals surface area contributed by atoms with Crippen LogP contribution in [-0.2, 0) is 0 Å². The van der Waals surface area contributed by atoms with E-state index < -0.39 is 18.0 Å². The minimum Gasteiger partial charge on any atom is -0.477 e. The minimum absolute atomic E-state index is 0.297. The van der Waals surface area contributed by atoms with E-state index in [1.165, 1.54) is 19.9 Å². The smallest absolute Gasteiger partial charge is 0.341 e. The third kappa shape index (κ3) is 4.22. The monoisotopic (exact) mass is 417 g/mol. The van der Waals surface area contributed by atoms with Gasteiger partial charge in [-0.25, -0.2) is 9.78 Å². The van der Waals surface area contributed by atoms with E-state index in [9.17, 15) is 18.7 Å². The number of aromatic carboxylic acids is 1. The van der Waals surface area contributed by atoms with E-state index in [2.05, 4.69) is 4.98 Å². The SMILES string of the molecule is C/C=C/C(F)(F)C(C)Oc1nc2ccc(Cl)cc2c(-c2ccccc2)c1C(=O)O. The van der Waals surface area contributed by atoms with Crippen LogP contribution in [0.5, 0.6) is 5.88 Å². The Kier molecular flexibility index (Phi) is 5.84. The van der Waals surface area contributed by atoms with Crippen LogP contribution in [0.2, 0.25) is 5.02 Å². The number of allylic oxidation sites excluding steroid dienone is 1. The van der Waals surface area contributed by atoms with Crippen LogP contribution in [0.3, 0.4) is 0 Å². The van der Waals surface area contributed by atoms with Crippen LogP contribution in [0.1, 0.15) is 24.2 Å². The number of benzene rings is 2. The molecule has 4 nitrogen and oxygen atoms in total. The van der Waals surface area contributed by atoms with Gasteiger partial charge in [0.05, 0.1) is 5.52 Å². The fourth-order valence-electron chi connectivity index (χ4n) is 3.00. The minimum atomic E-state index is -3.30. The molecule has 1 N–H and O–H groups in total. The van der Waals surface area contributed by atoms with Gasteiger partial charge in [-0.05, 0) is 43.7 Å². The van der Waals surface area contributed by atoms with Crippen molar-refractivity contribution in [2.24, 2.45) is 0 Å². The number of hydrogen-bond donors (Lipinski definition) is 1. The summed E-state index contributed by atoms with van der Waals surface area (Å²) in [5.41, 5.74) is 0.975. The van der Waals surface area contributed by atoms with Crippen molar-refractivity contribution in [1.29, 1.82) is 0 Å². The second kappa shape index (κ2) is 8.17. The first-order chi connectivity index (χ1) is 13.7. The number of pyridine rings is 1. The van der Waals surface area contributed by atoms with Crippen LogP contribution in [0.15, 0.2) is 60.7 Å². The first kappa shape index (κ1) is 20.7. The predicted molar refractivity (Wildman–Crippen MR) is 109 cm³/mol. The van der Waals surface area contributed by atoms with Crippen LogP contribution in [-0.4, -0.2) is 28.1 Å². The van der Waals surface area contributed by atoms with Crippen molar-refractivity contribution in [2.45, 2.75) is 25.9 Å². The Balaban J connectivity index is 2.30. The van der Waals surface area contributed by atoms with Crippen LogP contribution in [0, 0.1) is 0 Å². The number of carboxylic acids is 1. The molecule has 1 aromatic heterocycles. The number of ether oxygens (including phenoxy) is 1. The lowest BCUT2D eigenvalue weighted by Crippen LogP contribution is -2.34. The van der Waals surface area contributed by atoms with E-state index >= 15 is 0 Å². The van der Waals surface area contributed by atoms with Gasteiger partial charge >= 0.3 is 11.9 Å². The summed E-state index contributed by atoms with van der Waals surface area (Å²) in [4.78, 5) is 16.4. The number of fused-ring (bicyclic) bond motifs is 1. The summed E-state index contributed by atoms with van der Waals surface area (Å²) in [5, 5.41) is 10.8. The normalized spacial score (nSPS) is 13.0. The standard InChI is InChI=1S/C22H18ClF2NO3/c1-3-11-22(24,25)13(2)29-20-19(21(27)28)18(14-7-5-4-6-8-14)16-12-15(23)9-10-17(16)26-20/h3-13H,1-2H3,(H,27,28)/b11-3+. The largest absolute Gasteiger partial charge is 0.477 e. The molecule has 1 atom stereocenters. The maximum absolute atomic E-state index is 14.2. The van der Waals surface area contributed by atoms with Crippen LogP contribution in [0.25, 0.3) is 22.0 Å². The predicted octanol–water partition coefficient (Wildman–Crippen LogP) is 6.23. The van der Waals surface area contributed by atoms with Crippen molar-refractivity contribution in [3.63, 3.8) is 0 Å². The highest BCUT2D eigenvalue weighted by atomic mass is 35.5. The summed E-state index contributed by atoms with van der Waals surface area (Å²) < 4.78 is 33.8. The average molecular weight is 418 g/mol. The molecule has 0 amide bonds. The zero-order valence-electron chi connectivity index (χ0n) is 15.7. The molecule has 0 fully saturated rings. The highest BCUT2D eigenvalue weighted by molar-refractivity contribution is 6.31. The molecule has 2 aromatic carbocycles. The Morgan fingerprint density at radius 3 is 2.55 bits per heavy atom.